The van der Waals surface area contributed by atoms with E-state index in [0.29, 0.717) is 17.8 Å². The number of aromatic nitrogens is 3. The summed E-state index contributed by atoms with van der Waals surface area (Å²) in [7, 11) is -3.53. The third-order valence-electron chi connectivity index (χ3n) is 6.67. The molecule has 1 unspecified atom stereocenters. The number of benzene rings is 1. The normalized spacial score (nSPS) is 18.7. The molecule has 180 valence electrons. The van der Waals surface area contributed by atoms with Crippen LogP contribution >= 0.6 is 0 Å². The number of hydrogen-bond donors (Lipinski definition) is 1. The zero-order valence-corrected chi connectivity index (χ0v) is 20.6. The van der Waals surface area contributed by atoms with Crippen LogP contribution in [0.5, 0.6) is 0 Å². The van der Waals surface area contributed by atoms with Gasteiger partial charge in [0.25, 0.3) is 5.91 Å². The third kappa shape index (κ3) is 4.22. The maximum atomic E-state index is 13.8. The van der Waals surface area contributed by atoms with Crippen LogP contribution in [-0.2, 0) is 10.0 Å². The van der Waals surface area contributed by atoms with Gasteiger partial charge < -0.3 is 9.80 Å². The van der Waals surface area contributed by atoms with Crippen molar-refractivity contribution in [3.63, 3.8) is 0 Å². The van der Waals surface area contributed by atoms with Crippen LogP contribution in [0.25, 0.3) is 5.65 Å². The van der Waals surface area contributed by atoms with Crippen molar-refractivity contribution >= 4 is 33.1 Å². The Kier molecular flexibility index (Phi) is 5.71. The van der Waals surface area contributed by atoms with E-state index < -0.39 is 10.0 Å². The van der Waals surface area contributed by atoms with Gasteiger partial charge in [-0.15, -0.1) is 0 Å². The lowest BCUT2D eigenvalue weighted by Crippen LogP contribution is -2.39. The Bertz CT molecular complexity index is 1360. The molecular weight excluding hydrogens is 452 g/mol. The molecular formula is C24H30N6O3S. The van der Waals surface area contributed by atoms with Gasteiger partial charge in [-0.2, -0.15) is 5.10 Å². The van der Waals surface area contributed by atoms with Crippen molar-refractivity contribution < 1.29 is 13.2 Å². The summed E-state index contributed by atoms with van der Waals surface area (Å²) >= 11 is 0. The number of sulfonamides is 1. The summed E-state index contributed by atoms with van der Waals surface area (Å²) in [5.74, 6) is 0.814. The SMILES string of the molecule is Cc1cn2nc(C3CCCCN3C(=O)c3c(C)cccc3NS(C)(=O)=O)cc2nc1N1CCC1. The van der Waals surface area contributed by atoms with Crippen LogP contribution in [0.3, 0.4) is 0 Å². The largest absolute Gasteiger partial charge is 0.356 e. The molecule has 9 nitrogen and oxygen atoms in total. The molecule has 0 spiro atoms. The van der Waals surface area contributed by atoms with Crippen molar-refractivity contribution in [2.24, 2.45) is 0 Å². The minimum Gasteiger partial charge on any atom is -0.356 e. The Morgan fingerprint density at radius 2 is 1.88 bits per heavy atom. The van der Waals surface area contributed by atoms with E-state index >= 15 is 0 Å². The summed E-state index contributed by atoms with van der Waals surface area (Å²) in [6, 6.07) is 7.00. The summed E-state index contributed by atoms with van der Waals surface area (Å²) in [4.78, 5) is 22.8. The molecule has 10 heteroatoms. The molecule has 0 radical (unpaired) electrons. The van der Waals surface area contributed by atoms with Gasteiger partial charge in [0.05, 0.1) is 29.2 Å². The Morgan fingerprint density at radius 3 is 2.59 bits per heavy atom. The molecule has 1 N–H and O–H groups in total. The van der Waals surface area contributed by atoms with Crippen molar-refractivity contribution in [1.29, 1.82) is 0 Å². The van der Waals surface area contributed by atoms with E-state index in [2.05, 4.69) is 9.62 Å². The second-order valence-corrected chi connectivity index (χ2v) is 11.1. The fourth-order valence-corrected chi connectivity index (χ4v) is 5.46. The number of amides is 1. The average Bonchev–Trinajstić information content (AvgIpc) is 3.14. The molecule has 2 aliphatic rings. The molecule has 2 saturated heterocycles. The van der Waals surface area contributed by atoms with Gasteiger partial charge in [-0.25, -0.2) is 17.9 Å². The predicted molar refractivity (Wildman–Crippen MR) is 132 cm³/mol. The minimum atomic E-state index is -3.53. The van der Waals surface area contributed by atoms with Crippen molar-refractivity contribution in [1.82, 2.24) is 19.5 Å². The Balaban J connectivity index is 1.51. The van der Waals surface area contributed by atoms with Crippen LogP contribution in [0.4, 0.5) is 11.5 Å². The van der Waals surface area contributed by atoms with Gasteiger partial charge in [0.1, 0.15) is 5.82 Å². The highest BCUT2D eigenvalue weighted by atomic mass is 32.2. The van der Waals surface area contributed by atoms with Crippen molar-refractivity contribution in [2.45, 2.75) is 45.6 Å². The minimum absolute atomic E-state index is 0.184. The monoisotopic (exact) mass is 482 g/mol. The van der Waals surface area contributed by atoms with E-state index in [1.54, 1.807) is 16.6 Å². The second kappa shape index (κ2) is 8.57. The zero-order chi connectivity index (χ0) is 24.0. The van der Waals surface area contributed by atoms with Gasteiger partial charge in [-0.1, -0.05) is 12.1 Å². The van der Waals surface area contributed by atoms with Crippen molar-refractivity contribution in [2.75, 3.05) is 35.5 Å². The van der Waals surface area contributed by atoms with Crippen molar-refractivity contribution in [3.8, 4) is 0 Å². The maximum Gasteiger partial charge on any atom is 0.256 e. The molecule has 2 fully saturated rings. The van der Waals surface area contributed by atoms with E-state index in [4.69, 9.17) is 10.1 Å². The molecule has 0 bridgehead atoms. The average molecular weight is 483 g/mol. The van der Waals surface area contributed by atoms with Gasteiger partial charge >= 0.3 is 0 Å². The number of hydrogen-bond acceptors (Lipinski definition) is 6. The number of aryl methyl sites for hydroxylation is 2. The fourth-order valence-electron chi connectivity index (χ4n) is 4.89. The number of anilines is 2. The predicted octanol–water partition coefficient (Wildman–Crippen LogP) is 3.30. The summed E-state index contributed by atoms with van der Waals surface area (Å²) in [5.41, 5.74) is 4.09. The van der Waals surface area contributed by atoms with Gasteiger partial charge in [0.2, 0.25) is 10.0 Å². The quantitative estimate of drug-likeness (QED) is 0.599. The smallest absolute Gasteiger partial charge is 0.256 e. The number of piperidine rings is 1. The first-order valence-electron chi connectivity index (χ1n) is 11.7. The highest BCUT2D eigenvalue weighted by Gasteiger charge is 2.33. The van der Waals surface area contributed by atoms with Crippen LogP contribution in [0.1, 0.15) is 58.9 Å². The third-order valence-corrected chi connectivity index (χ3v) is 7.26. The highest BCUT2D eigenvalue weighted by Crippen LogP contribution is 2.34. The lowest BCUT2D eigenvalue weighted by molar-refractivity contribution is 0.0606. The topological polar surface area (TPSA) is 99.9 Å². The maximum absolute atomic E-state index is 13.8. The summed E-state index contributed by atoms with van der Waals surface area (Å²) in [6.45, 7) is 6.52. The molecule has 1 atom stereocenters. The van der Waals surface area contributed by atoms with E-state index in [9.17, 15) is 13.2 Å². The second-order valence-electron chi connectivity index (χ2n) is 9.34. The molecule has 1 amide bonds. The number of rotatable bonds is 5. The molecule has 3 aromatic rings. The van der Waals surface area contributed by atoms with E-state index in [1.807, 2.05) is 37.1 Å². The first-order chi connectivity index (χ1) is 16.2. The standard InChI is InChI=1S/C24H30N6O3S/c1-16-8-6-9-18(27-34(3,32)33)22(16)24(31)29-13-5-4-10-20(29)19-14-21-25-23(28-11-7-12-28)17(2)15-30(21)26-19/h6,8-9,14-15,20,27H,4-5,7,10-13H2,1-3H3. The van der Waals surface area contributed by atoms with Gasteiger partial charge in [-0.3, -0.25) is 9.52 Å². The van der Waals surface area contributed by atoms with Gasteiger partial charge in [0.15, 0.2) is 5.65 Å². The number of likely N-dealkylation sites (tertiary alicyclic amines) is 1. The highest BCUT2D eigenvalue weighted by molar-refractivity contribution is 7.92. The number of nitrogens with one attached hydrogen (secondary N) is 1. The number of fused-ring (bicyclic) bond motifs is 1. The molecule has 34 heavy (non-hydrogen) atoms. The molecule has 1 aromatic carbocycles. The Labute approximate surface area is 199 Å². The van der Waals surface area contributed by atoms with Crippen LogP contribution in [-0.4, -0.2) is 59.7 Å². The molecule has 5 rings (SSSR count). The number of carbonyl (C=O) groups is 1. The zero-order valence-electron chi connectivity index (χ0n) is 19.8. The van der Waals surface area contributed by atoms with Crippen molar-refractivity contribution in [3.05, 3.63) is 52.8 Å². The molecule has 4 heterocycles. The van der Waals surface area contributed by atoms with E-state index in [0.717, 1.165) is 66.9 Å². The van der Waals surface area contributed by atoms with Gasteiger partial charge in [-0.05, 0) is 51.2 Å². The van der Waals surface area contributed by atoms with E-state index in [-0.39, 0.29) is 11.9 Å². The summed E-state index contributed by atoms with van der Waals surface area (Å²) < 4.78 is 28.1. The molecule has 2 aliphatic heterocycles. The molecule has 2 aromatic heterocycles. The van der Waals surface area contributed by atoms with Crippen LogP contribution in [0, 0.1) is 13.8 Å². The first-order valence-corrected chi connectivity index (χ1v) is 13.6. The number of nitrogens with zero attached hydrogens (tertiary/aromatic N) is 5. The number of carbonyl (C=O) groups excluding carboxylic acids is 1. The van der Waals surface area contributed by atoms with Gasteiger partial charge in [0, 0.05) is 37.5 Å². The lowest BCUT2D eigenvalue weighted by Gasteiger charge is -2.35. The lowest BCUT2D eigenvalue weighted by atomic mass is 9.96. The van der Waals surface area contributed by atoms with Crippen LogP contribution in [0.15, 0.2) is 30.5 Å². The Morgan fingerprint density at radius 1 is 1.09 bits per heavy atom. The summed E-state index contributed by atoms with van der Waals surface area (Å²) in [5, 5.41) is 4.80. The van der Waals surface area contributed by atoms with Crippen LogP contribution < -0.4 is 9.62 Å². The Hall–Kier alpha value is -3.14. The first kappa shape index (κ1) is 22.6. The molecule has 0 saturated carbocycles. The summed E-state index contributed by atoms with van der Waals surface area (Å²) in [6.07, 6.45) is 6.97. The molecule has 0 aliphatic carbocycles. The van der Waals surface area contributed by atoms with Crippen LogP contribution in [0.2, 0.25) is 0 Å². The van der Waals surface area contributed by atoms with E-state index in [1.165, 1.54) is 6.42 Å². The fraction of sp³-hybridized carbons (Fsp3) is 0.458.